The summed E-state index contributed by atoms with van der Waals surface area (Å²) in [6, 6.07) is 8.27. The molecule has 0 spiro atoms. The number of aromatic nitrogens is 3. The second kappa shape index (κ2) is 11.4. The number of imidazole rings is 1. The fraction of sp³-hybridized carbons (Fsp3) is 0.464. The first-order valence-electron chi connectivity index (χ1n) is 13.6. The highest BCUT2D eigenvalue weighted by Crippen LogP contribution is 2.33. The Morgan fingerprint density at radius 3 is 2.64 bits per heavy atom. The van der Waals surface area contributed by atoms with Gasteiger partial charge in [-0.2, -0.15) is 0 Å². The average Bonchev–Trinajstić information content (AvgIpc) is 3.55. The number of hydrogen-bond donors (Lipinski definition) is 0. The summed E-state index contributed by atoms with van der Waals surface area (Å²) >= 11 is 0. The summed E-state index contributed by atoms with van der Waals surface area (Å²) in [5.74, 6) is -0.790. The van der Waals surface area contributed by atoms with Gasteiger partial charge in [-0.15, -0.1) is 0 Å². The molecule has 0 bridgehead atoms. The van der Waals surface area contributed by atoms with E-state index in [1.165, 1.54) is 17.2 Å². The van der Waals surface area contributed by atoms with Crippen molar-refractivity contribution in [3.63, 3.8) is 0 Å². The van der Waals surface area contributed by atoms with Gasteiger partial charge in [-0.3, -0.25) is 14.5 Å². The van der Waals surface area contributed by atoms with E-state index in [9.17, 15) is 14.9 Å². The number of pyridine rings is 1. The lowest BCUT2D eigenvalue weighted by Crippen LogP contribution is -2.43. The number of anilines is 1. The van der Waals surface area contributed by atoms with Crippen LogP contribution in [-0.2, 0) is 27.1 Å². The smallest absolute Gasteiger partial charge is 0.414 e. The van der Waals surface area contributed by atoms with Crippen molar-refractivity contribution in [1.82, 2.24) is 14.5 Å². The number of carbonyl (C=O) groups excluding carboxylic acids is 1. The molecule has 1 saturated heterocycles. The molecular formula is C28H34FN5O7Si. The van der Waals surface area contributed by atoms with Gasteiger partial charge in [-0.25, -0.2) is 9.18 Å². The Labute approximate surface area is 244 Å². The van der Waals surface area contributed by atoms with Gasteiger partial charge in [0.25, 0.3) is 0 Å². The highest BCUT2D eigenvalue weighted by atomic mass is 28.2. The predicted molar refractivity (Wildman–Crippen MR) is 154 cm³/mol. The molecule has 12 nitrogen and oxygen atoms in total. The summed E-state index contributed by atoms with van der Waals surface area (Å²) in [6.07, 6.45) is 1.59. The van der Waals surface area contributed by atoms with Crippen LogP contribution in [0.15, 0.2) is 42.7 Å². The average molecular weight is 600 g/mol. The fourth-order valence-corrected chi connectivity index (χ4v) is 5.54. The van der Waals surface area contributed by atoms with Crippen LogP contribution in [-0.4, -0.2) is 66.3 Å². The second-order valence-electron chi connectivity index (χ2n) is 12.2. The number of nitro groups is 1. The molecule has 0 radical (unpaired) electrons. The Kier molecular flexibility index (Phi) is 8.05. The van der Waals surface area contributed by atoms with Crippen molar-refractivity contribution in [2.24, 2.45) is 0 Å². The number of halogens is 1. The third kappa shape index (κ3) is 6.61. The third-order valence-electron chi connectivity index (χ3n) is 7.03. The van der Waals surface area contributed by atoms with Crippen LogP contribution in [0.3, 0.4) is 0 Å². The molecular weight excluding hydrogens is 565 g/mol. The van der Waals surface area contributed by atoms with Gasteiger partial charge >= 0.3 is 17.9 Å². The molecule has 2 aromatic heterocycles. The molecule has 2 aliphatic rings. The minimum absolute atomic E-state index is 0.0979. The monoisotopic (exact) mass is 599 g/mol. The van der Waals surface area contributed by atoms with Gasteiger partial charge in [0.05, 0.1) is 36.7 Å². The number of nitrogens with zero attached hydrogens (tertiary/aromatic N) is 5. The lowest BCUT2D eigenvalue weighted by molar-refractivity contribution is -0.389. The van der Waals surface area contributed by atoms with E-state index in [-0.39, 0.29) is 42.7 Å². The van der Waals surface area contributed by atoms with E-state index < -0.39 is 38.3 Å². The maximum Gasteiger partial charge on any atom is 0.414 e. The van der Waals surface area contributed by atoms with Crippen LogP contribution in [0.5, 0.6) is 6.01 Å². The molecule has 2 atom stereocenters. The maximum atomic E-state index is 15.2. The normalized spacial score (nSPS) is 19.2. The van der Waals surface area contributed by atoms with E-state index in [0.717, 1.165) is 5.56 Å². The highest BCUT2D eigenvalue weighted by molar-refractivity contribution is 6.31. The maximum absolute atomic E-state index is 15.2. The molecule has 224 valence electrons. The molecule has 1 aromatic carbocycles. The standard InChI is InChI=1S/C28H34FN5O7Si/c1-27(2,3)42-41-28(4,5)23-13-33(26(35)40-23)18-7-8-20(21(29)10-18)22-9-6-17(11-30-22)15-38-19-12-32-14-24(34(36)37)31-25(32)39-16-19/h6-11,14,19,23H,12-13,15-16,42H2,1-5H3. The molecule has 5 rings (SSSR count). The van der Waals surface area contributed by atoms with Crippen LogP contribution in [0, 0.1) is 15.9 Å². The molecule has 14 heteroatoms. The predicted octanol–water partition coefficient (Wildman–Crippen LogP) is 4.39. The molecule has 0 N–H and O–H groups in total. The number of rotatable bonds is 9. The van der Waals surface area contributed by atoms with E-state index in [4.69, 9.17) is 18.6 Å². The fourth-order valence-electron chi connectivity index (χ4n) is 4.55. The molecule has 42 heavy (non-hydrogen) atoms. The topological polar surface area (TPSA) is 131 Å². The van der Waals surface area contributed by atoms with Crippen LogP contribution in [0.4, 0.5) is 20.7 Å². The number of amides is 1. The van der Waals surface area contributed by atoms with Crippen molar-refractivity contribution in [2.45, 2.75) is 70.6 Å². The van der Waals surface area contributed by atoms with Gasteiger partial charge in [-0.1, -0.05) is 26.8 Å². The van der Waals surface area contributed by atoms with E-state index in [2.05, 4.69) is 30.7 Å². The first kappa shape index (κ1) is 29.6. The summed E-state index contributed by atoms with van der Waals surface area (Å²) in [6.45, 7) is 11.3. The number of carbonyl (C=O) groups is 1. The van der Waals surface area contributed by atoms with Crippen molar-refractivity contribution >= 4 is 27.4 Å². The zero-order chi connectivity index (χ0) is 30.2. The van der Waals surface area contributed by atoms with Gasteiger partial charge < -0.3 is 28.8 Å². The number of cyclic esters (lactones) is 1. The van der Waals surface area contributed by atoms with Gasteiger partial charge in [-0.05, 0) is 53.6 Å². The molecule has 0 aliphatic carbocycles. The molecule has 2 unspecified atom stereocenters. The van der Waals surface area contributed by atoms with Crippen LogP contribution in [0.25, 0.3) is 11.3 Å². The highest BCUT2D eigenvalue weighted by Gasteiger charge is 2.43. The summed E-state index contributed by atoms with van der Waals surface area (Å²) in [7, 11) is -0.865. The van der Waals surface area contributed by atoms with E-state index in [1.54, 1.807) is 35.0 Å². The Balaban J connectivity index is 1.19. The van der Waals surface area contributed by atoms with Crippen molar-refractivity contribution in [3.8, 4) is 17.3 Å². The van der Waals surface area contributed by atoms with Gasteiger partial charge in [0.15, 0.2) is 9.76 Å². The summed E-state index contributed by atoms with van der Waals surface area (Å²) in [4.78, 5) is 32.7. The lowest BCUT2D eigenvalue weighted by Gasteiger charge is -2.33. The van der Waals surface area contributed by atoms with Crippen molar-refractivity contribution in [1.29, 1.82) is 0 Å². The van der Waals surface area contributed by atoms with Gasteiger partial charge in [0.1, 0.15) is 30.8 Å². The second-order valence-corrected chi connectivity index (χ2v) is 14.9. The zero-order valence-corrected chi connectivity index (χ0v) is 25.6. The minimum atomic E-state index is -0.865. The van der Waals surface area contributed by atoms with Crippen LogP contribution in [0.2, 0.25) is 5.04 Å². The molecule has 0 saturated carbocycles. The van der Waals surface area contributed by atoms with Crippen molar-refractivity contribution in [3.05, 3.63) is 64.2 Å². The van der Waals surface area contributed by atoms with Gasteiger partial charge in [0, 0.05) is 16.7 Å². The van der Waals surface area contributed by atoms with E-state index in [1.807, 2.05) is 13.8 Å². The SMILES string of the molecule is CC(C)(C)[SiH2]OC(C)(C)C1CN(c2ccc(-c3ccc(COC4COc5nc([N+](=O)[O-])cn5C4)cn3)c(F)c2)C(=O)O1. The number of ether oxygens (including phenoxy) is 3. The number of fused-ring (bicyclic) bond motifs is 1. The zero-order valence-electron chi connectivity index (χ0n) is 24.2. The van der Waals surface area contributed by atoms with Gasteiger partial charge in [0.2, 0.25) is 0 Å². The Hall–Kier alpha value is -3.88. The lowest BCUT2D eigenvalue weighted by atomic mass is 10.0. The molecule has 4 heterocycles. The number of hydrogen-bond acceptors (Lipinski definition) is 9. The first-order chi connectivity index (χ1) is 19.8. The molecule has 1 amide bonds. The Morgan fingerprint density at radius 2 is 1.98 bits per heavy atom. The van der Waals surface area contributed by atoms with E-state index in [0.29, 0.717) is 23.5 Å². The minimum Gasteiger partial charge on any atom is -0.443 e. The third-order valence-corrected chi connectivity index (χ3v) is 8.78. The van der Waals surface area contributed by atoms with E-state index >= 15 is 4.39 Å². The van der Waals surface area contributed by atoms with Crippen molar-refractivity contribution < 1.29 is 32.7 Å². The number of benzene rings is 1. The summed E-state index contributed by atoms with van der Waals surface area (Å²) in [5, 5.41) is 11.0. The van der Waals surface area contributed by atoms with Crippen LogP contribution >= 0.6 is 0 Å². The molecule has 3 aromatic rings. The summed E-state index contributed by atoms with van der Waals surface area (Å²) in [5.41, 5.74) is 1.25. The Bertz CT molecular complexity index is 1470. The van der Waals surface area contributed by atoms with Crippen LogP contribution in [0.1, 0.15) is 40.2 Å². The Morgan fingerprint density at radius 1 is 1.19 bits per heavy atom. The first-order valence-corrected chi connectivity index (χ1v) is 14.9. The quantitative estimate of drug-likeness (QED) is 0.200. The largest absolute Gasteiger partial charge is 0.443 e. The molecule has 2 aliphatic heterocycles. The summed E-state index contributed by atoms with van der Waals surface area (Å²) < 4.78 is 40.0. The molecule has 1 fully saturated rings. The van der Waals surface area contributed by atoms with Crippen molar-refractivity contribution in [2.75, 3.05) is 18.1 Å². The van der Waals surface area contributed by atoms with Crippen LogP contribution < -0.4 is 9.64 Å².